The molecule has 3 heterocycles. The first-order valence-corrected chi connectivity index (χ1v) is 10.7. The van der Waals surface area contributed by atoms with E-state index in [0.29, 0.717) is 22.9 Å². The van der Waals surface area contributed by atoms with Crippen LogP contribution in [0.3, 0.4) is 0 Å². The number of amides is 1. The van der Waals surface area contributed by atoms with Crippen LogP contribution in [-0.4, -0.2) is 37.0 Å². The Labute approximate surface area is 194 Å². The van der Waals surface area contributed by atoms with Gasteiger partial charge in [-0.1, -0.05) is 35.9 Å². The molecule has 9 heteroatoms. The zero-order chi connectivity index (χ0) is 23.7. The third-order valence-electron chi connectivity index (χ3n) is 5.42. The minimum atomic E-state index is -0.398. The molecule has 5 rings (SSSR count). The van der Waals surface area contributed by atoms with Gasteiger partial charge in [0, 0.05) is 17.8 Å². The zero-order valence-corrected chi connectivity index (χ0v) is 18.7. The number of hydrogen-bond donors (Lipinski definition) is 1. The van der Waals surface area contributed by atoms with Crippen LogP contribution in [-0.2, 0) is 11.3 Å². The van der Waals surface area contributed by atoms with E-state index in [-0.39, 0.29) is 12.2 Å². The lowest BCUT2D eigenvalue weighted by Crippen LogP contribution is -2.28. The van der Waals surface area contributed by atoms with Crippen molar-refractivity contribution in [2.75, 3.05) is 12.4 Å². The second kappa shape index (κ2) is 8.70. The van der Waals surface area contributed by atoms with Gasteiger partial charge in [-0.15, -0.1) is 5.10 Å². The molecule has 170 valence electrons. The van der Waals surface area contributed by atoms with Crippen LogP contribution in [0.2, 0.25) is 0 Å². The molecule has 0 aliphatic heterocycles. The molecule has 5 aromatic rings. The minimum absolute atomic E-state index is 0.233. The van der Waals surface area contributed by atoms with Crippen LogP contribution in [0, 0.1) is 6.92 Å². The van der Waals surface area contributed by atoms with Crippen LogP contribution < -0.4 is 15.7 Å². The first-order chi connectivity index (χ1) is 16.5. The molecule has 9 nitrogen and oxygen atoms in total. The Balaban J connectivity index is 1.50. The Hall–Kier alpha value is -4.66. The van der Waals surface area contributed by atoms with Gasteiger partial charge in [-0.2, -0.15) is 5.10 Å². The van der Waals surface area contributed by atoms with E-state index in [2.05, 4.69) is 10.4 Å². The summed E-state index contributed by atoms with van der Waals surface area (Å²) in [5, 5.41) is 11.8. The van der Waals surface area contributed by atoms with E-state index in [1.54, 1.807) is 42.3 Å². The number of anilines is 1. The van der Waals surface area contributed by atoms with Crippen LogP contribution in [0.1, 0.15) is 5.56 Å². The van der Waals surface area contributed by atoms with Crippen molar-refractivity contribution in [1.29, 1.82) is 0 Å². The molecular weight excluding hydrogens is 432 g/mol. The molecule has 2 aromatic carbocycles. The van der Waals surface area contributed by atoms with Gasteiger partial charge in [0.2, 0.25) is 5.91 Å². The molecule has 0 fully saturated rings. The van der Waals surface area contributed by atoms with E-state index in [9.17, 15) is 9.59 Å². The van der Waals surface area contributed by atoms with Crippen LogP contribution in [0.5, 0.6) is 5.75 Å². The highest BCUT2D eigenvalue weighted by molar-refractivity contribution is 5.90. The summed E-state index contributed by atoms with van der Waals surface area (Å²) in [7, 11) is 1.60. The number of fused-ring (bicyclic) bond motifs is 1. The van der Waals surface area contributed by atoms with Crippen LogP contribution in [0.15, 0.2) is 83.8 Å². The molecule has 34 heavy (non-hydrogen) atoms. The van der Waals surface area contributed by atoms with Crippen molar-refractivity contribution in [2.24, 2.45) is 0 Å². The third-order valence-corrected chi connectivity index (χ3v) is 5.42. The van der Waals surface area contributed by atoms with Gasteiger partial charge in [-0.05, 0) is 43.3 Å². The highest BCUT2D eigenvalue weighted by atomic mass is 16.5. The Bertz CT molecular complexity index is 1550. The molecule has 0 saturated heterocycles. The molecule has 1 N–H and O–H groups in total. The highest BCUT2D eigenvalue weighted by Crippen LogP contribution is 2.31. The number of rotatable bonds is 6. The maximum Gasteiger partial charge on any atom is 0.350 e. The smallest absolute Gasteiger partial charge is 0.350 e. The summed E-state index contributed by atoms with van der Waals surface area (Å²) in [4.78, 5) is 25.5. The Morgan fingerprint density at radius 3 is 2.53 bits per heavy atom. The predicted octanol–water partition coefficient (Wildman–Crippen LogP) is 3.30. The summed E-state index contributed by atoms with van der Waals surface area (Å²) in [6.45, 7) is 1.77. The molecule has 0 spiro atoms. The van der Waals surface area contributed by atoms with Crippen LogP contribution >= 0.6 is 0 Å². The Morgan fingerprint density at radius 2 is 1.76 bits per heavy atom. The van der Waals surface area contributed by atoms with E-state index in [0.717, 1.165) is 21.5 Å². The van der Waals surface area contributed by atoms with Crippen molar-refractivity contribution in [1.82, 2.24) is 24.0 Å². The fourth-order valence-electron chi connectivity index (χ4n) is 3.73. The molecule has 0 unspecified atom stereocenters. The largest absolute Gasteiger partial charge is 0.496 e. The van der Waals surface area contributed by atoms with Crippen molar-refractivity contribution in [2.45, 2.75) is 13.5 Å². The van der Waals surface area contributed by atoms with Crippen molar-refractivity contribution in [3.8, 4) is 22.7 Å². The lowest BCUT2D eigenvalue weighted by Gasteiger charge is -2.09. The molecule has 0 aliphatic rings. The van der Waals surface area contributed by atoms with Crippen LogP contribution in [0.4, 0.5) is 5.82 Å². The van der Waals surface area contributed by atoms with Crippen LogP contribution in [0.25, 0.3) is 22.6 Å². The molecule has 0 bridgehead atoms. The van der Waals surface area contributed by atoms with E-state index in [1.165, 1.54) is 4.40 Å². The van der Waals surface area contributed by atoms with Crippen molar-refractivity contribution in [3.05, 3.63) is 95.0 Å². The fraction of sp³-hybridized carbons (Fsp3) is 0.120. The molecule has 1 amide bonds. The molecular formula is C25H22N6O3. The van der Waals surface area contributed by atoms with E-state index in [1.807, 2.05) is 55.5 Å². The molecule has 0 atom stereocenters. The summed E-state index contributed by atoms with van der Waals surface area (Å²) in [6, 6.07) is 22.4. The number of methoxy groups -OCH3 is 1. The standard InChI is InChI=1S/C25H22N6O3/c1-17-10-12-18(13-11-17)31-23(15-20(27-31)19-7-3-4-8-21(19)34-2)26-24(32)16-30-25(33)29-14-6-5-9-22(29)28-30/h3-15H,16H2,1-2H3,(H,26,32). The SMILES string of the molecule is COc1ccccc1-c1cc(NC(=O)Cn2nc3ccccn3c2=O)n(-c2ccc(C)cc2)n1. The average Bonchev–Trinajstić information content (AvgIpc) is 3.40. The topological polar surface area (TPSA) is 95.5 Å². The molecule has 3 aromatic heterocycles. The molecule has 0 radical (unpaired) electrons. The number of aryl methyl sites for hydroxylation is 1. The highest BCUT2D eigenvalue weighted by Gasteiger charge is 2.17. The number of ether oxygens (including phenoxy) is 1. The second-order valence-electron chi connectivity index (χ2n) is 7.78. The number of hydrogen-bond acceptors (Lipinski definition) is 5. The van der Waals surface area contributed by atoms with Gasteiger partial charge in [0.1, 0.15) is 18.1 Å². The summed E-state index contributed by atoms with van der Waals surface area (Å²) in [5.41, 5.74) is 3.42. The average molecular weight is 454 g/mol. The van der Waals surface area contributed by atoms with Crippen molar-refractivity contribution < 1.29 is 9.53 Å². The number of nitrogens with one attached hydrogen (secondary N) is 1. The van der Waals surface area contributed by atoms with Gasteiger partial charge < -0.3 is 10.1 Å². The Morgan fingerprint density at radius 1 is 1.00 bits per heavy atom. The van der Waals surface area contributed by atoms with Gasteiger partial charge in [0.05, 0.1) is 18.5 Å². The first-order valence-electron chi connectivity index (χ1n) is 10.7. The maximum atomic E-state index is 12.9. The monoisotopic (exact) mass is 454 g/mol. The second-order valence-corrected chi connectivity index (χ2v) is 7.78. The first kappa shape index (κ1) is 21.2. The minimum Gasteiger partial charge on any atom is -0.496 e. The number of para-hydroxylation sites is 1. The lowest BCUT2D eigenvalue weighted by atomic mass is 10.1. The normalized spacial score (nSPS) is 11.0. The fourth-order valence-corrected chi connectivity index (χ4v) is 3.73. The number of carbonyl (C=O) groups is 1. The number of carbonyl (C=O) groups excluding carboxylic acids is 1. The predicted molar refractivity (Wildman–Crippen MR) is 128 cm³/mol. The molecule has 0 saturated carbocycles. The molecule has 0 aliphatic carbocycles. The summed E-state index contributed by atoms with van der Waals surface area (Å²) in [5.74, 6) is 0.738. The number of aromatic nitrogens is 5. The van der Waals surface area contributed by atoms with Gasteiger partial charge in [0.25, 0.3) is 0 Å². The number of benzene rings is 2. The summed E-state index contributed by atoms with van der Waals surface area (Å²) >= 11 is 0. The summed E-state index contributed by atoms with van der Waals surface area (Å²) < 4.78 is 9.68. The quantitative estimate of drug-likeness (QED) is 0.425. The third kappa shape index (κ3) is 3.95. The number of nitrogens with zero attached hydrogens (tertiary/aromatic N) is 5. The van der Waals surface area contributed by atoms with E-state index >= 15 is 0 Å². The summed E-state index contributed by atoms with van der Waals surface area (Å²) in [6.07, 6.45) is 1.62. The maximum absolute atomic E-state index is 12.9. The number of pyridine rings is 1. The lowest BCUT2D eigenvalue weighted by molar-refractivity contribution is -0.117. The van der Waals surface area contributed by atoms with Gasteiger partial charge in [0.15, 0.2) is 5.65 Å². The zero-order valence-electron chi connectivity index (χ0n) is 18.7. The van der Waals surface area contributed by atoms with E-state index in [4.69, 9.17) is 9.84 Å². The van der Waals surface area contributed by atoms with Crippen molar-refractivity contribution >= 4 is 17.4 Å². The van der Waals surface area contributed by atoms with Gasteiger partial charge >= 0.3 is 5.69 Å². The van der Waals surface area contributed by atoms with Gasteiger partial charge in [-0.25, -0.2) is 14.2 Å². The van der Waals surface area contributed by atoms with E-state index < -0.39 is 5.91 Å². The van der Waals surface area contributed by atoms with Gasteiger partial charge in [-0.3, -0.25) is 9.20 Å². The van der Waals surface area contributed by atoms with Crippen molar-refractivity contribution in [3.63, 3.8) is 0 Å². The Kier molecular flexibility index (Phi) is 5.43.